The highest BCUT2D eigenvalue weighted by molar-refractivity contribution is 7.13. The summed E-state index contributed by atoms with van der Waals surface area (Å²) in [5.74, 6) is 13.1. The lowest BCUT2D eigenvalue weighted by molar-refractivity contribution is 1.57. The molecule has 0 atom stereocenters. The first kappa shape index (κ1) is 21.5. The Kier molecular flexibility index (Phi) is 5.97. The van der Waals surface area contributed by atoms with Crippen molar-refractivity contribution in [1.29, 1.82) is 0 Å². The van der Waals surface area contributed by atoms with E-state index in [1.807, 2.05) is 12.1 Å². The van der Waals surface area contributed by atoms with E-state index < -0.39 is 0 Å². The molecule has 3 aromatic carbocycles. The molecular formula is C30H16N2S3. The summed E-state index contributed by atoms with van der Waals surface area (Å²) in [4.78, 5) is 2.52. The van der Waals surface area contributed by atoms with Gasteiger partial charge in [0.25, 0.3) is 0 Å². The van der Waals surface area contributed by atoms with Gasteiger partial charge in [-0.2, -0.15) is 8.75 Å². The summed E-state index contributed by atoms with van der Waals surface area (Å²) < 4.78 is 8.99. The van der Waals surface area contributed by atoms with Crippen molar-refractivity contribution in [1.82, 2.24) is 8.75 Å². The molecule has 0 amide bonds. The summed E-state index contributed by atoms with van der Waals surface area (Å²) in [6, 6.07) is 29.0. The summed E-state index contributed by atoms with van der Waals surface area (Å²) in [5, 5.41) is 4.18. The second-order valence-corrected chi connectivity index (χ2v) is 10.2. The molecular weight excluding hydrogens is 485 g/mol. The number of thiophene rings is 2. The second kappa shape index (κ2) is 9.70. The van der Waals surface area contributed by atoms with Crippen molar-refractivity contribution < 1.29 is 0 Å². The number of aromatic nitrogens is 2. The van der Waals surface area contributed by atoms with Crippen LogP contribution in [-0.4, -0.2) is 8.75 Å². The molecule has 0 aliphatic rings. The molecule has 5 heteroatoms. The summed E-state index contributed by atoms with van der Waals surface area (Å²) in [6.07, 6.45) is 0. The normalized spacial score (nSPS) is 10.4. The molecule has 0 fully saturated rings. The maximum Gasteiger partial charge on any atom is 0.121 e. The van der Waals surface area contributed by atoms with Crippen LogP contribution in [0, 0.1) is 23.7 Å². The zero-order chi connectivity index (χ0) is 23.5. The SMILES string of the molecule is C(#Cc1ccc(C#Cc2ccc(-c3cccs3)cc2)c2nsnc12)c1ccc(-c2cccs2)cc1. The predicted molar refractivity (Wildman–Crippen MR) is 149 cm³/mol. The van der Waals surface area contributed by atoms with Crippen molar-refractivity contribution in [3.63, 3.8) is 0 Å². The average molecular weight is 501 g/mol. The van der Waals surface area contributed by atoms with Crippen LogP contribution in [0.3, 0.4) is 0 Å². The van der Waals surface area contributed by atoms with Crippen molar-refractivity contribution in [2.45, 2.75) is 0 Å². The minimum Gasteiger partial charge on any atom is -0.172 e. The molecule has 6 aromatic rings. The Morgan fingerprint density at radius 1 is 0.486 bits per heavy atom. The minimum atomic E-state index is 0.803. The summed E-state index contributed by atoms with van der Waals surface area (Å²) in [7, 11) is 0. The van der Waals surface area contributed by atoms with E-state index in [2.05, 4.69) is 116 Å². The predicted octanol–water partition coefficient (Wildman–Crippen LogP) is 7.95. The van der Waals surface area contributed by atoms with Crippen LogP contribution < -0.4 is 0 Å². The topological polar surface area (TPSA) is 25.8 Å². The number of hydrogen-bond acceptors (Lipinski definition) is 5. The molecule has 35 heavy (non-hydrogen) atoms. The third-order valence-corrected chi connectivity index (χ3v) is 7.85. The Hall–Kier alpha value is -4.00. The van der Waals surface area contributed by atoms with Crippen molar-refractivity contribution >= 4 is 45.4 Å². The fourth-order valence-corrected chi connectivity index (χ4v) is 5.71. The molecule has 0 aliphatic carbocycles. The van der Waals surface area contributed by atoms with Gasteiger partial charge in [0.05, 0.1) is 22.9 Å². The number of rotatable bonds is 2. The number of fused-ring (bicyclic) bond motifs is 1. The van der Waals surface area contributed by atoms with E-state index in [-0.39, 0.29) is 0 Å². The van der Waals surface area contributed by atoms with Gasteiger partial charge in [-0.1, -0.05) is 60.1 Å². The summed E-state index contributed by atoms with van der Waals surface area (Å²) >= 11 is 4.67. The summed E-state index contributed by atoms with van der Waals surface area (Å²) in [5.41, 5.74) is 7.69. The van der Waals surface area contributed by atoms with E-state index in [0.717, 1.165) is 33.3 Å². The zero-order valence-electron chi connectivity index (χ0n) is 18.4. The Bertz CT molecular complexity index is 1590. The van der Waals surface area contributed by atoms with Gasteiger partial charge in [-0.05, 0) is 70.4 Å². The van der Waals surface area contributed by atoms with E-state index >= 15 is 0 Å². The third-order valence-electron chi connectivity index (χ3n) is 5.48. The molecule has 164 valence electrons. The standard InChI is InChI=1S/C30H16N2S3/c1-3-27(33-19-1)23-11-5-21(6-12-23)9-15-25-17-18-26(30-29(25)31-35-32-30)16-10-22-7-13-24(14-8-22)28-4-2-20-34-28/h1-8,11-14,17-20H. The zero-order valence-corrected chi connectivity index (χ0v) is 20.8. The monoisotopic (exact) mass is 500 g/mol. The van der Waals surface area contributed by atoms with Crippen LogP contribution >= 0.6 is 34.4 Å². The van der Waals surface area contributed by atoms with Crippen LogP contribution in [0.5, 0.6) is 0 Å². The van der Waals surface area contributed by atoms with E-state index in [4.69, 9.17) is 0 Å². The smallest absolute Gasteiger partial charge is 0.121 e. The molecule has 0 bridgehead atoms. The van der Waals surface area contributed by atoms with Gasteiger partial charge in [0, 0.05) is 20.9 Å². The maximum absolute atomic E-state index is 4.50. The van der Waals surface area contributed by atoms with Crippen LogP contribution in [0.2, 0.25) is 0 Å². The lowest BCUT2D eigenvalue weighted by atomic mass is 10.1. The average Bonchev–Trinajstić information content (AvgIpc) is 3.70. The van der Waals surface area contributed by atoms with E-state index in [9.17, 15) is 0 Å². The molecule has 0 spiro atoms. The van der Waals surface area contributed by atoms with E-state index in [1.165, 1.54) is 32.6 Å². The molecule has 0 saturated heterocycles. The Balaban J connectivity index is 1.25. The highest BCUT2D eigenvalue weighted by Crippen LogP contribution is 2.26. The molecule has 6 rings (SSSR count). The Morgan fingerprint density at radius 2 is 0.943 bits per heavy atom. The number of nitrogens with zero attached hydrogens (tertiary/aromatic N) is 2. The quantitative estimate of drug-likeness (QED) is 0.226. The van der Waals surface area contributed by atoms with Crippen molar-refractivity contribution in [2.75, 3.05) is 0 Å². The van der Waals surface area contributed by atoms with Crippen LogP contribution in [0.15, 0.2) is 95.7 Å². The number of hydrogen-bond donors (Lipinski definition) is 0. The highest BCUT2D eigenvalue weighted by atomic mass is 32.1. The number of benzene rings is 3. The first-order valence-corrected chi connectivity index (χ1v) is 13.4. The molecule has 3 heterocycles. The van der Waals surface area contributed by atoms with Gasteiger partial charge in [-0.15, -0.1) is 22.7 Å². The summed E-state index contributed by atoms with van der Waals surface area (Å²) in [6.45, 7) is 0. The van der Waals surface area contributed by atoms with Crippen LogP contribution in [0.4, 0.5) is 0 Å². The van der Waals surface area contributed by atoms with Gasteiger partial charge in [-0.25, -0.2) is 0 Å². The molecule has 0 unspecified atom stereocenters. The van der Waals surface area contributed by atoms with Gasteiger partial charge in [0.1, 0.15) is 11.0 Å². The lowest BCUT2D eigenvalue weighted by Gasteiger charge is -1.98. The molecule has 2 nitrogen and oxygen atoms in total. The van der Waals surface area contributed by atoms with Gasteiger partial charge < -0.3 is 0 Å². The van der Waals surface area contributed by atoms with E-state index in [1.54, 1.807) is 22.7 Å². The minimum absolute atomic E-state index is 0.803. The van der Waals surface area contributed by atoms with Crippen molar-refractivity contribution in [3.05, 3.63) is 118 Å². The van der Waals surface area contributed by atoms with Crippen molar-refractivity contribution in [2.24, 2.45) is 0 Å². The lowest BCUT2D eigenvalue weighted by Crippen LogP contribution is -1.85. The van der Waals surface area contributed by atoms with Gasteiger partial charge >= 0.3 is 0 Å². The molecule has 0 radical (unpaired) electrons. The van der Waals surface area contributed by atoms with Gasteiger partial charge in [0.2, 0.25) is 0 Å². The fraction of sp³-hybridized carbons (Fsp3) is 0. The van der Waals surface area contributed by atoms with Crippen molar-refractivity contribution in [3.8, 4) is 44.6 Å². The second-order valence-electron chi connectivity index (χ2n) is 7.73. The molecule has 0 saturated carbocycles. The highest BCUT2D eigenvalue weighted by Gasteiger charge is 2.08. The largest absolute Gasteiger partial charge is 0.172 e. The van der Waals surface area contributed by atoms with Crippen LogP contribution in [-0.2, 0) is 0 Å². The van der Waals surface area contributed by atoms with Gasteiger partial charge in [-0.3, -0.25) is 0 Å². The van der Waals surface area contributed by atoms with E-state index in [0.29, 0.717) is 0 Å². The third kappa shape index (κ3) is 4.67. The molecule has 3 aromatic heterocycles. The first-order valence-electron chi connectivity index (χ1n) is 10.9. The maximum atomic E-state index is 4.50. The molecule has 0 aliphatic heterocycles. The van der Waals surface area contributed by atoms with Gasteiger partial charge in [0.15, 0.2) is 0 Å². The fourth-order valence-electron chi connectivity index (χ4n) is 3.67. The molecule has 0 N–H and O–H groups in total. The Morgan fingerprint density at radius 3 is 1.34 bits per heavy atom. The van der Waals surface area contributed by atoms with Crippen LogP contribution in [0.1, 0.15) is 22.3 Å². The van der Waals surface area contributed by atoms with Crippen LogP contribution in [0.25, 0.3) is 31.9 Å². The first-order chi connectivity index (χ1) is 17.3. The Labute approximate surface area is 215 Å².